The van der Waals surface area contributed by atoms with E-state index in [-0.39, 0.29) is 29.7 Å². The summed E-state index contributed by atoms with van der Waals surface area (Å²) in [6.07, 6.45) is 0. The average molecular weight is 646 g/mol. The van der Waals surface area contributed by atoms with Gasteiger partial charge in [0.25, 0.3) is 0 Å². The zero-order valence-electron chi connectivity index (χ0n) is 31.5. The van der Waals surface area contributed by atoms with Crippen LogP contribution in [0, 0.1) is 0 Å². The van der Waals surface area contributed by atoms with Crippen molar-refractivity contribution in [3.63, 3.8) is 0 Å². The molecule has 0 spiro atoms. The summed E-state index contributed by atoms with van der Waals surface area (Å²) in [5.74, 6) is 1.67. The lowest BCUT2D eigenvalue weighted by molar-refractivity contribution is 0.669. The normalized spacial score (nSPS) is 13.0. The molecule has 5 heteroatoms. The van der Waals surface area contributed by atoms with Crippen LogP contribution in [-0.4, -0.2) is 19.5 Å². The van der Waals surface area contributed by atoms with E-state index in [9.17, 15) is 0 Å². The Bertz CT molecular complexity index is 3070. The highest BCUT2D eigenvalue weighted by atomic mass is 16.3. The van der Waals surface area contributed by atoms with Crippen molar-refractivity contribution >= 4 is 43.7 Å². The van der Waals surface area contributed by atoms with Gasteiger partial charge < -0.3 is 8.98 Å². The van der Waals surface area contributed by atoms with E-state index in [0.29, 0.717) is 34.2 Å². The van der Waals surface area contributed by atoms with Gasteiger partial charge in [-0.3, -0.25) is 0 Å². The largest absolute Gasteiger partial charge is 0.456 e. The minimum atomic E-state index is -0.420. The molecule has 0 saturated carbocycles. The van der Waals surface area contributed by atoms with E-state index < -0.39 is 6.04 Å². The molecule has 3 aromatic heterocycles. The highest BCUT2D eigenvalue weighted by Gasteiger charge is 2.20. The van der Waals surface area contributed by atoms with Crippen molar-refractivity contribution in [1.29, 1.82) is 0 Å². The topological polar surface area (TPSA) is 56.7 Å². The van der Waals surface area contributed by atoms with Gasteiger partial charge in [-0.05, 0) is 53.6 Å². The number of aromatic nitrogens is 4. The van der Waals surface area contributed by atoms with E-state index in [0.717, 1.165) is 55.0 Å². The predicted molar refractivity (Wildman–Crippen MR) is 203 cm³/mol. The van der Waals surface area contributed by atoms with Crippen molar-refractivity contribution in [2.75, 3.05) is 0 Å². The van der Waals surface area contributed by atoms with Gasteiger partial charge in [0.2, 0.25) is 0 Å². The average Bonchev–Trinajstić information content (AvgIpc) is 3.78. The van der Waals surface area contributed by atoms with Crippen LogP contribution >= 0.6 is 0 Å². The fourth-order valence-corrected chi connectivity index (χ4v) is 6.85. The van der Waals surface area contributed by atoms with E-state index in [2.05, 4.69) is 28.8 Å². The summed E-state index contributed by atoms with van der Waals surface area (Å²) in [4.78, 5) is 14.8. The summed E-state index contributed by atoms with van der Waals surface area (Å²) in [7, 11) is 0. The van der Waals surface area contributed by atoms with Crippen LogP contribution in [0.3, 0.4) is 0 Å². The molecule has 10 aromatic rings. The minimum Gasteiger partial charge on any atom is -0.456 e. The van der Waals surface area contributed by atoms with Crippen LogP contribution in [0.15, 0.2) is 174 Å². The Labute approximate surface area is 294 Å². The Kier molecular flexibility index (Phi) is 5.35. The molecule has 0 amide bonds. The molecule has 0 aliphatic rings. The molecule has 0 radical (unpaired) electrons. The van der Waals surface area contributed by atoms with Crippen molar-refractivity contribution in [1.82, 2.24) is 19.5 Å². The first kappa shape index (κ1) is 23.5. The van der Waals surface area contributed by atoms with E-state index in [4.69, 9.17) is 26.2 Å². The van der Waals surface area contributed by atoms with Crippen molar-refractivity contribution in [3.8, 4) is 51.0 Å². The SMILES string of the molecule is [2H]c1c([2H])c([2H])c(-c2ccc3c4ccccc4n(-c4cccc5oc6ccc(-c7nc(-c8ccccc8)nc(-c8ccccc8)n7)cc6c45)c3c2)c([2H])c1[2H]. The summed E-state index contributed by atoms with van der Waals surface area (Å²) in [6, 6.07) is 43.9. The molecule has 0 aliphatic heterocycles. The third kappa shape index (κ3) is 4.60. The molecular weight excluding hydrogens is 613 g/mol. The lowest BCUT2D eigenvalue weighted by atomic mass is 10.0. The first-order valence-corrected chi connectivity index (χ1v) is 16.3. The third-order valence-electron chi connectivity index (χ3n) is 9.13. The highest BCUT2D eigenvalue weighted by molar-refractivity contribution is 6.15. The zero-order valence-corrected chi connectivity index (χ0v) is 26.5. The monoisotopic (exact) mass is 645 g/mol. The molecule has 0 fully saturated rings. The molecule has 0 saturated heterocycles. The Morgan fingerprint density at radius 1 is 0.440 bits per heavy atom. The Morgan fingerprint density at radius 2 is 1.08 bits per heavy atom. The smallest absolute Gasteiger partial charge is 0.164 e. The molecule has 0 aliphatic carbocycles. The minimum absolute atomic E-state index is 0.156. The molecule has 10 rings (SSSR count). The Balaban J connectivity index is 1.22. The molecule has 7 aromatic carbocycles. The maximum Gasteiger partial charge on any atom is 0.164 e. The number of fused-ring (bicyclic) bond motifs is 6. The molecule has 0 unspecified atom stereocenters. The summed E-state index contributed by atoms with van der Waals surface area (Å²) in [6.45, 7) is 0. The highest BCUT2D eigenvalue weighted by Crippen LogP contribution is 2.40. The maximum absolute atomic E-state index is 8.69. The Morgan fingerprint density at radius 3 is 1.82 bits per heavy atom. The summed E-state index contributed by atoms with van der Waals surface area (Å²) in [5.41, 5.74) is 7.28. The number of nitrogens with zero attached hydrogens (tertiary/aromatic N) is 4. The number of para-hydroxylation sites is 1. The van der Waals surface area contributed by atoms with Gasteiger partial charge in [-0.2, -0.15) is 0 Å². The van der Waals surface area contributed by atoms with Gasteiger partial charge in [-0.1, -0.05) is 127 Å². The molecule has 3 heterocycles. The van der Waals surface area contributed by atoms with Crippen molar-refractivity contribution in [2.24, 2.45) is 0 Å². The van der Waals surface area contributed by atoms with E-state index in [1.165, 1.54) is 0 Å². The Hall–Kier alpha value is -6.85. The maximum atomic E-state index is 8.69. The van der Waals surface area contributed by atoms with Crippen LogP contribution in [0.1, 0.15) is 6.85 Å². The second-order valence-corrected chi connectivity index (χ2v) is 12.1. The summed E-state index contributed by atoms with van der Waals surface area (Å²) < 4.78 is 50.8. The number of hydrogen-bond donors (Lipinski definition) is 0. The number of rotatable bonds is 5. The van der Waals surface area contributed by atoms with Gasteiger partial charge in [0, 0.05) is 32.8 Å². The molecule has 234 valence electrons. The quantitative estimate of drug-likeness (QED) is 0.187. The molecule has 50 heavy (non-hydrogen) atoms. The summed E-state index contributed by atoms with van der Waals surface area (Å²) >= 11 is 0. The fourth-order valence-electron chi connectivity index (χ4n) is 6.85. The molecule has 0 N–H and O–H groups in total. The van der Waals surface area contributed by atoms with Gasteiger partial charge >= 0.3 is 0 Å². The summed E-state index contributed by atoms with van der Waals surface area (Å²) in [5, 5.41) is 3.74. The number of furan rings is 1. The first-order chi connectivity index (χ1) is 26.9. The van der Waals surface area contributed by atoms with Crippen LogP contribution in [0.2, 0.25) is 0 Å². The van der Waals surface area contributed by atoms with Crippen molar-refractivity contribution in [3.05, 3.63) is 170 Å². The number of benzene rings is 7. The van der Waals surface area contributed by atoms with E-state index in [1.54, 1.807) is 0 Å². The van der Waals surface area contributed by atoms with E-state index >= 15 is 0 Å². The van der Waals surface area contributed by atoms with Crippen LogP contribution in [0.25, 0.3) is 94.7 Å². The lowest BCUT2D eigenvalue weighted by Gasteiger charge is -2.11. The van der Waals surface area contributed by atoms with Crippen molar-refractivity contribution < 1.29 is 11.3 Å². The second kappa shape index (κ2) is 11.4. The van der Waals surface area contributed by atoms with Crippen LogP contribution in [0.5, 0.6) is 0 Å². The predicted octanol–water partition coefficient (Wildman–Crippen LogP) is 11.5. The van der Waals surface area contributed by atoms with Gasteiger partial charge in [0.15, 0.2) is 17.5 Å². The standard InChI is InChI=1S/C45H28N4O/c1-4-13-29(14-5-1)32-23-25-35-34-19-10-11-20-37(34)49(39(35)28-32)38-21-12-22-41-42(38)36-27-33(24-26-40(36)50-41)45-47-43(30-15-6-2-7-16-30)46-44(48-45)31-17-8-3-9-18-31/h1-28H/i1D,4D,5D,13D,14D. The van der Waals surface area contributed by atoms with Crippen molar-refractivity contribution in [2.45, 2.75) is 0 Å². The zero-order chi connectivity index (χ0) is 37.4. The first-order valence-electron chi connectivity index (χ1n) is 18.8. The third-order valence-corrected chi connectivity index (χ3v) is 9.13. The fraction of sp³-hybridized carbons (Fsp3) is 0. The van der Waals surface area contributed by atoms with Crippen LogP contribution < -0.4 is 0 Å². The number of hydrogen-bond acceptors (Lipinski definition) is 4. The van der Waals surface area contributed by atoms with Gasteiger partial charge in [0.05, 0.1) is 29.0 Å². The molecular formula is C45H28N4O. The molecule has 0 bridgehead atoms. The molecule has 0 atom stereocenters. The molecule has 5 nitrogen and oxygen atoms in total. The van der Waals surface area contributed by atoms with Gasteiger partial charge in [-0.15, -0.1) is 0 Å². The lowest BCUT2D eigenvalue weighted by Crippen LogP contribution is -2.00. The van der Waals surface area contributed by atoms with Gasteiger partial charge in [-0.25, -0.2) is 15.0 Å². The van der Waals surface area contributed by atoms with Gasteiger partial charge in [0.1, 0.15) is 11.2 Å². The second-order valence-electron chi connectivity index (χ2n) is 12.1. The van der Waals surface area contributed by atoms with E-state index in [1.807, 2.05) is 115 Å². The van der Waals surface area contributed by atoms with Crippen LogP contribution in [-0.2, 0) is 0 Å². The van der Waals surface area contributed by atoms with Crippen LogP contribution in [0.4, 0.5) is 0 Å².